The van der Waals surface area contributed by atoms with E-state index in [-0.39, 0.29) is 5.91 Å². The number of amides is 1. The third kappa shape index (κ3) is 3.61. The average Bonchev–Trinajstić information content (AvgIpc) is 2.02. The molecule has 0 aromatic heterocycles. The van der Waals surface area contributed by atoms with Crippen LogP contribution in [0.4, 0.5) is 8.78 Å². The maximum atomic E-state index is 12.0. The van der Waals surface area contributed by atoms with Gasteiger partial charge in [-0.15, -0.1) is 0 Å². The van der Waals surface area contributed by atoms with Crippen molar-refractivity contribution in [3.63, 3.8) is 0 Å². The van der Waals surface area contributed by atoms with Crippen molar-refractivity contribution in [2.75, 3.05) is 7.05 Å². The molecule has 0 aliphatic heterocycles. The van der Waals surface area contributed by atoms with Gasteiger partial charge in [-0.05, 0) is 13.8 Å². The number of nitrogens with one attached hydrogen (secondary N) is 2. The van der Waals surface area contributed by atoms with Crippen LogP contribution in [-0.4, -0.2) is 31.5 Å². The Labute approximate surface area is 70.5 Å². The second kappa shape index (κ2) is 5.03. The van der Waals surface area contributed by atoms with E-state index in [1.807, 2.05) is 0 Å². The second-order valence-corrected chi connectivity index (χ2v) is 2.63. The van der Waals surface area contributed by atoms with Crippen LogP contribution < -0.4 is 10.6 Å². The highest BCUT2D eigenvalue weighted by Crippen LogP contribution is 2.00. The molecule has 0 aromatic rings. The number of alkyl halides is 2. The molecule has 0 rings (SSSR count). The van der Waals surface area contributed by atoms with E-state index >= 15 is 0 Å². The van der Waals surface area contributed by atoms with Gasteiger partial charge in [-0.1, -0.05) is 0 Å². The summed E-state index contributed by atoms with van der Waals surface area (Å²) in [6.45, 7) is 2.88. The zero-order valence-corrected chi connectivity index (χ0v) is 7.40. The lowest BCUT2D eigenvalue weighted by atomic mass is 10.2. The van der Waals surface area contributed by atoms with Gasteiger partial charge in [-0.3, -0.25) is 10.1 Å². The molecule has 0 fully saturated rings. The summed E-state index contributed by atoms with van der Waals surface area (Å²) in [4.78, 5) is 10.9. The quantitative estimate of drug-likeness (QED) is 0.656. The number of halogens is 2. The number of likely N-dealkylation sites (N-methyl/N-ethyl adjacent to an activating group) is 1. The molecular formula is C7H14F2N2O. The fraction of sp³-hybridized carbons (Fsp3) is 0.857. The second-order valence-electron chi connectivity index (χ2n) is 2.63. The Morgan fingerprint density at radius 2 is 1.83 bits per heavy atom. The Balaban J connectivity index is 3.83. The lowest BCUT2D eigenvalue weighted by Crippen LogP contribution is -2.47. The van der Waals surface area contributed by atoms with Crippen molar-refractivity contribution in [3.8, 4) is 0 Å². The standard InChI is InChI=1S/C7H14F2N2O/c1-4(6(8)9)11-5(2)7(12)10-3/h4-6,11H,1-3H3,(H,10,12). The van der Waals surface area contributed by atoms with Gasteiger partial charge in [0.2, 0.25) is 5.91 Å². The van der Waals surface area contributed by atoms with Gasteiger partial charge in [0.1, 0.15) is 0 Å². The molecule has 0 saturated carbocycles. The van der Waals surface area contributed by atoms with Crippen LogP contribution in [0.2, 0.25) is 0 Å². The highest BCUT2D eigenvalue weighted by Gasteiger charge is 2.19. The molecule has 0 heterocycles. The van der Waals surface area contributed by atoms with Crippen LogP contribution in [0.1, 0.15) is 13.8 Å². The zero-order chi connectivity index (χ0) is 9.72. The lowest BCUT2D eigenvalue weighted by molar-refractivity contribution is -0.122. The first-order valence-electron chi connectivity index (χ1n) is 3.74. The van der Waals surface area contributed by atoms with Gasteiger partial charge in [0.05, 0.1) is 12.1 Å². The van der Waals surface area contributed by atoms with Crippen LogP contribution in [-0.2, 0) is 4.79 Å². The van der Waals surface area contributed by atoms with E-state index in [0.717, 1.165) is 0 Å². The van der Waals surface area contributed by atoms with Crippen LogP contribution in [0, 0.1) is 0 Å². The van der Waals surface area contributed by atoms with E-state index in [4.69, 9.17) is 0 Å². The zero-order valence-electron chi connectivity index (χ0n) is 7.40. The monoisotopic (exact) mass is 180 g/mol. The number of hydrogen-bond donors (Lipinski definition) is 2. The molecule has 0 spiro atoms. The van der Waals surface area contributed by atoms with Gasteiger partial charge in [-0.25, -0.2) is 8.78 Å². The van der Waals surface area contributed by atoms with Crippen molar-refractivity contribution in [2.24, 2.45) is 0 Å². The normalized spacial score (nSPS) is 15.8. The van der Waals surface area contributed by atoms with Crippen molar-refractivity contribution in [1.82, 2.24) is 10.6 Å². The molecule has 12 heavy (non-hydrogen) atoms. The highest BCUT2D eigenvalue weighted by molar-refractivity contribution is 5.80. The van der Waals surface area contributed by atoms with Gasteiger partial charge in [0.15, 0.2) is 0 Å². The molecule has 0 saturated heterocycles. The van der Waals surface area contributed by atoms with E-state index in [1.165, 1.54) is 20.9 Å². The molecular weight excluding hydrogens is 166 g/mol. The summed E-state index contributed by atoms with van der Waals surface area (Å²) in [5.74, 6) is -0.289. The molecule has 3 nitrogen and oxygen atoms in total. The summed E-state index contributed by atoms with van der Waals surface area (Å²) in [5.41, 5.74) is 0. The molecule has 0 radical (unpaired) electrons. The Morgan fingerprint density at radius 1 is 1.33 bits per heavy atom. The lowest BCUT2D eigenvalue weighted by Gasteiger charge is -2.17. The Kier molecular flexibility index (Phi) is 4.73. The summed E-state index contributed by atoms with van der Waals surface area (Å²) >= 11 is 0. The SMILES string of the molecule is CNC(=O)C(C)NC(C)C(F)F. The fourth-order valence-corrected chi connectivity index (χ4v) is 0.759. The van der Waals surface area contributed by atoms with Gasteiger partial charge >= 0.3 is 0 Å². The van der Waals surface area contributed by atoms with Crippen LogP contribution in [0.3, 0.4) is 0 Å². The minimum Gasteiger partial charge on any atom is -0.358 e. The number of hydrogen-bond acceptors (Lipinski definition) is 2. The van der Waals surface area contributed by atoms with Gasteiger partial charge in [0.25, 0.3) is 6.43 Å². The van der Waals surface area contributed by atoms with E-state index in [1.54, 1.807) is 0 Å². The molecule has 2 atom stereocenters. The van der Waals surface area contributed by atoms with E-state index in [9.17, 15) is 13.6 Å². The van der Waals surface area contributed by atoms with Gasteiger partial charge < -0.3 is 5.32 Å². The molecule has 2 unspecified atom stereocenters. The Bertz CT molecular complexity index is 152. The molecule has 1 amide bonds. The smallest absolute Gasteiger partial charge is 0.253 e. The summed E-state index contributed by atoms with van der Waals surface area (Å²) in [7, 11) is 1.47. The first-order chi connectivity index (χ1) is 5.49. The molecule has 5 heteroatoms. The number of carbonyl (C=O) groups excluding carboxylic acids is 1. The van der Waals surface area contributed by atoms with Gasteiger partial charge in [-0.2, -0.15) is 0 Å². The van der Waals surface area contributed by atoms with Crippen LogP contribution in [0.25, 0.3) is 0 Å². The van der Waals surface area contributed by atoms with Crippen LogP contribution in [0.5, 0.6) is 0 Å². The Hall–Kier alpha value is -0.710. The number of carbonyl (C=O) groups is 1. The predicted octanol–water partition coefficient (Wildman–Crippen LogP) is 0.364. The van der Waals surface area contributed by atoms with Gasteiger partial charge in [0, 0.05) is 7.05 Å². The van der Waals surface area contributed by atoms with Crippen molar-refractivity contribution < 1.29 is 13.6 Å². The molecule has 72 valence electrons. The van der Waals surface area contributed by atoms with Crippen molar-refractivity contribution >= 4 is 5.91 Å². The summed E-state index contributed by atoms with van der Waals surface area (Å²) in [6.07, 6.45) is -2.45. The highest BCUT2D eigenvalue weighted by atomic mass is 19.3. The Morgan fingerprint density at radius 3 is 2.17 bits per heavy atom. The maximum Gasteiger partial charge on any atom is 0.253 e. The fourth-order valence-electron chi connectivity index (χ4n) is 0.759. The third-order valence-corrected chi connectivity index (χ3v) is 1.53. The van der Waals surface area contributed by atoms with E-state index in [2.05, 4.69) is 10.6 Å². The average molecular weight is 180 g/mol. The van der Waals surface area contributed by atoms with Crippen LogP contribution in [0.15, 0.2) is 0 Å². The first-order valence-corrected chi connectivity index (χ1v) is 3.74. The molecule has 2 N–H and O–H groups in total. The number of rotatable bonds is 4. The predicted molar refractivity (Wildman–Crippen MR) is 42.1 cm³/mol. The van der Waals surface area contributed by atoms with E-state index < -0.39 is 18.5 Å². The topological polar surface area (TPSA) is 41.1 Å². The van der Waals surface area contributed by atoms with Crippen LogP contribution >= 0.6 is 0 Å². The van der Waals surface area contributed by atoms with Crippen molar-refractivity contribution in [3.05, 3.63) is 0 Å². The first kappa shape index (κ1) is 11.3. The minimum atomic E-state index is -2.45. The van der Waals surface area contributed by atoms with Crippen molar-refractivity contribution in [1.29, 1.82) is 0 Å². The van der Waals surface area contributed by atoms with E-state index in [0.29, 0.717) is 0 Å². The summed E-state index contributed by atoms with van der Waals surface area (Å²) in [5, 5.41) is 4.83. The summed E-state index contributed by atoms with van der Waals surface area (Å²) < 4.78 is 23.9. The maximum absolute atomic E-state index is 12.0. The molecule has 0 aromatic carbocycles. The van der Waals surface area contributed by atoms with Crippen molar-refractivity contribution in [2.45, 2.75) is 32.4 Å². The largest absolute Gasteiger partial charge is 0.358 e. The molecule has 0 aliphatic rings. The minimum absolute atomic E-state index is 0.289. The third-order valence-electron chi connectivity index (χ3n) is 1.53. The molecule has 0 aliphatic carbocycles. The summed E-state index contributed by atoms with van der Waals surface area (Å²) in [6, 6.07) is -1.55. The molecule has 0 bridgehead atoms.